The van der Waals surface area contributed by atoms with E-state index in [2.05, 4.69) is 14.4 Å². The van der Waals surface area contributed by atoms with Crippen LogP contribution in [0, 0.1) is 10.1 Å². The lowest BCUT2D eigenvalue weighted by molar-refractivity contribution is -0.383. The Kier molecular flexibility index (Phi) is 3.09. The van der Waals surface area contributed by atoms with Crippen molar-refractivity contribution in [3.8, 4) is 0 Å². The van der Waals surface area contributed by atoms with E-state index >= 15 is 0 Å². The van der Waals surface area contributed by atoms with Crippen molar-refractivity contribution in [2.24, 2.45) is 0 Å². The lowest BCUT2D eigenvalue weighted by Gasteiger charge is -2.05. The number of rotatable bonds is 4. The topological polar surface area (TPSA) is 141 Å². The van der Waals surface area contributed by atoms with E-state index in [1.807, 2.05) is 0 Å². The van der Waals surface area contributed by atoms with Crippen molar-refractivity contribution in [2.45, 2.75) is 4.90 Å². The minimum Gasteiger partial charge on any atom is -0.393 e. The molecule has 2 rings (SSSR count). The first-order chi connectivity index (χ1) is 8.90. The zero-order valence-electron chi connectivity index (χ0n) is 9.31. The molecule has 0 aliphatic carbocycles. The Hall–Kier alpha value is -2.62. The van der Waals surface area contributed by atoms with Crippen LogP contribution in [0.25, 0.3) is 0 Å². The van der Waals surface area contributed by atoms with E-state index in [0.717, 1.165) is 18.2 Å². The maximum atomic E-state index is 11.9. The van der Waals surface area contributed by atoms with Crippen LogP contribution in [0.15, 0.2) is 39.9 Å². The molecule has 2 aromatic rings. The van der Waals surface area contributed by atoms with Crippen LogP contribution in [-0.2, 0) is 10.0 Å². The fourth-order valence-corrected chi connectivity index (χ4v) is 2.36. The van der Waals surface area contributed by atoms with Crippen molar-refractivity contribution in [3.05, 3.63) is 40.6 Å². The first-order valence-corrected chi connectivity index (χ1v) is 6.35. The Morgan fingerprint density at radius 2 is 2.11 bits per heavy atom. The zero-order valence-corrected chi connectivity index (χ0v) is 10.1. The molecule has 0 bridgehead atoms. The Morgan fingerprint density at radius 1 is 1.37 bits per heavy atom. The van der Waals surface area contributed by atoms with Gasteiger partial charge in [-0.25, -0.2) is 8.42 Å². The van der Waals surface area contributed by atoms with Gasteiger partial charge in [0.2, 0.25) is 0 Å². The summed E-state index contributed by atoms with van der Waals surface area (Å²) in [6, 6.07) is 4.41. The zero-order chi connectivity index (χ0) is 14.0. The molecule has 1 aromatic carbocycles. The average molecular weight is 284 g/mol. The molecular weight excluding hydrogens is 276 g/mol. The minimum atomic E-state index is -3.92. The lowest BCUT2D eigenvalue weighted by atomic mass is 10.3. The molecular formula is C9H8N4O5S. The summed E-state index contributed by atoms with van der Waals surface area (Å²) in [6.45, 7) is 0. The molecule has 0 amide bonds. The van der Waals surface area contributed by atoms with E-state index in [9.17, 15) is 18.5 Å². The van der Waals surface area contributed by atoms with Gasteiger partial charge in [-0.1, -0.05) is 5.16 Å². The Balaban J connectivity index is 2.36. The predicted octanol–water partition coefficient (Wildman–Crippen LogP) is 0.966. The van der Waals surface area contributed by atoms with Crippen LogP contribution in [0.4, 0.5) is 17.2 Å². The Labute approximate surface area is 107 Å². The number of hydrogen-bond acceptors (Lipinski definition) is 7. The molecule has 0 atom stereocenters. The Morgan fingerprint density at radius 3 is 2.63 bits per heavy atom. The molecule has 19 heavy (non-hydrogen) atoms. The van der Waals surface area contributed by atoms with E-state index in [-0.39, 0.29) is 22.1 Å². The summed E-state index contributed by atoms with van der Waals surface area (Å²) in [4.78, 5) is 9.67. The van der Waals surface area contributed by atoms with Gasteiger partial charge in [0.05, 0.1) is 9.82 Å². The molecule has 1 heterocycles. The molecule has 100 valence electrons. The summed E-state index contributed by atoms with van der Waals surface area (Å²) in [5.41, 5.74) is 4.82. The Bertz CT molecular complexity index is 710. The predicted molar refractivity (Wildman–Crippen MR) is 64.8 cm³/mol. The van der Waals surface area contributed by atoms with E-state index in [0.29, 0.717) is 0 Å². The van der Waals surface area contributed by atoms with Crippen LogP contribution < -0.4 is 10.5 Å². The number of sulfonamides is 1. The highest BCUT2D eigenvalue weighted by Crippen LogP contribution is 2.25. The number of hydrogen-bond donors (Lipinski definition) is 2. The maximum Gasteiger partial charge on any atom is 0.292 e. The first-order valence-electron chi connectivity index (χ1n) is 4.87. The van der Waals surface area contributed by atoms with Gasteiger partial charge in [-0.2, -0.15) is 0 Å². The smallest absolute Gasteiger partial charge is 0.292 e. The molecule has 0 aliphatic rings. The highest BCUT2D eigenvalue weighted by molar-refractivity contribution is 7.92. The molecule has 0 saturated carbocycles. The molecule has 1 aromatic heterocycles. The van der Waals surface area contributed by atoms with Gasteiger partial charge in [0.25, 0.3) is 15.7 Å². The van der Waals surface area contributed by atoms with Crippen LogP contribution in [0.2, 0.25) is 0 Å². The number of nitrogen functional groups attached to an aromatic ring is 1. The van der Waals surface area contributed by atoms with Crippen LogP contribution in [-0.4, -0.2) is 18.5 Å². The van der Waals surface area contributed by atoms with Gasteiger partial charge in [0.15, 0.2) is 5.82 Å². The normalized spacial score (nSPS) is 11.2. The third kappa shape index (κ3) is 2.63. The average Bonchev–Trinajstić information content (AvgIpc) is 2.80. The van der Waals surface area contributed by atoms with E-state index in [1.165, 1.54) is 12.3 Å². The number of nitrogens with two attached hydrogens (primary N) is 1. The van der Waals surface area contributed by atoms with Gasteiger partial charge >= 0.3 is 0 Å². The summed E-state index contributed by atoms with van der Waals surface area (Å²) >= 11 is 0. The van der Waals surface area contributed by atoms with Crippen molar-refractivity contribution >= 4 is 27.2 Å². The fourth-order valence-electron chi connectivity index (χ4n) is 1.33. The molecule has 0 aliphatic heterocycles. The second-order valence-electron chi connectivity index (χ2n) is 3.47. The minimum absolute atomic E-state index is 0.00285. The number of aromatic nitrogens is 1. The third-order valence-corrected chi connectivity index (χ3v) is 3.54. The quantitative estimate of drug-likeness (QED) is 0.483. The third-order valence-electron chi connectivity index (χ3n) is 2.18. The highest BCUT2D eigenvalue weighted by atomic mass is 32.2. The molecule has 0 fully saturated rings. The van der Waals surface area contributed by atoms with Crippen LogP contribution in [0.1, 0.15) is 0 Å². The van der Waals surface area contributed by atoms with Gasteiger partial charge in [-0.15, -0.1) is 0 Å². The van der Waals surface area contributed by atoms with Crippen molar-refractivity contribution in [1.29, 1.82) is 0 Å². The summed E-state index contributed by atoms with van der Waals surface area (Å²) in [7, 11) is -3.92. The van der Waals surface area contributed by atoms with Crippen LogP contribution in [0.3, 0.4) is 0 Å². The SMILES string of the molecule is Nc1cc(S(=O)(=O)Nc2ccon2)ccc1[N+](=O)[O-]. The summed E-state index contributed by atoms with van der Waals surface area (Å²) in [6.07, 6.45) is 1.20. The van der Waals surface area contributed by atoms with Crippen molar-refractivity contribution < 1.29 is 17.9 Å². The van der Waals surface area contributed by atoms with E-state index in [1.54, 1.807) is 0 Å². The summed E-state index contributed by atoms with van der Waals surface area (Å²) in [5, 5.41) is 14.0. The summed E-state index contributed by atoms with van der Waals surface area (Å²) < 4.78 is 30.4. The lowest BCUT2D eigenvalue weighted by Crippen LogP contribution is -2.13. The second-order valence-corrected chi connectivity index (χ2v) is 5.15. The van der Waals surface area contributed by atoms with Gasteiger partial charge in [-0.3, -0.25) is 14.8 Å². The van der Waals surface area contributed by atoms with E-state index < -0.39 is 14.9 Å². The molecule has 0 saturated heterocycles. The molecule has 3 N–H and O–H groups in total. The van der Waals surface area contributed by atoms with Crippen molar-refractivity contribution in [2.75, 3.05) is 10.5 Å². The maximum absolute atomic E-state index is 11.9. The second kappa shape index (κ2) is 4.57. The van der Waals surface area contributed by atoms with Crippen LogP contribution in [0.5, 0.6) is 0 Å². The molecule has 10 heteroatoms. The number of anilines is 2. The van der Waals surface area contributed by atoms with E-state index in [4.69, 9.17) is 5.73 Å². The molecule has 9 nitrogen and oxygen atoms in total. The number of nitro groups is 1. The van der Waals surface area contributed by atoms with Gasteiger partial charge < -0.3 is 10.3 Å². The highest BCUT2D eigenvalue weighted by Gasteiger charge is 2.19. The number of nitrogens with zero attached hydrogens (tertiary/aromatic N) is 2. The van der Waals surface area contributed by atoms with Gasteiger partial charge in [-0.05, 0) is 12.1 Å². The largest absolute Gasteiger partial charge is 0.393 e. The monoisotopic (exact) mass is 284 g/mol. The fraction of sp³-hybridized carbons (Fsp3) is 0. The molecule has 0 radical (unpaired) electrons. The van der Waals surface area contributed by atoms with Crippen LogP contribution >= 0.6 is 0 Å². The van der Waals surface area contributed by atoms with Crippen molar-refractivity contribution in [1.82, 2.24) is 5.16 Å². The first kappa shape index (κ1) is 12.8. The molecule has 0 spiro atoms. The standard InChI is InChI=1S/C9H8N4O5S/c10-7-5-6(1-2-8(7)13(14)15)19(16,17)12-9-3-4-18-11-9/h1-5H,10H2,(H,11,12). The number of nitro benzene ring substituents is 1. The summed E-state index contributed by atoms with van der Waals surface area (Å²) in [5.74, 6) is -0.00285. The van der Waals surface area contributed by atoms with Gasteiger partial charge in [0, 0.05) is 12.1 Å². The number of benzene rings is 1. The van der Waals surface area contributed by atoms with Gasteiger partial charge in [0.1, 0.15) is 12.0 Å². The van der Waals surface area contributed by atoms with Crippen molar-refractivity contribution in [3.63, 3.8) is 0 Å². The number of nitrogens with one attached hydrogen (secondary N) is 1. The molecule has 0 unspecified atom stereocenters.